The smallest absolute Gasteiger partial charge is 0.211 e. The highest BCUT2D eigenvalue weighted by molar-refractivity contribution is 7.89. The lowest BCUT2D eigenvalue weighted by atomic mass is 10.3. The molecule has 0 amide bonds. The summed E-state index contributed by atoms with van der Waals surface area (Å²) in [7, 11) is -3.02. The van der Waals surface area contributed by atoms with Crippen LogP contribution in [0.3, 0.4) is 0 Å². The first-order valence-corrected chi connectivity index (χ1v) is 7.91. The van der Waals surface area contributed by atoms with Crippen molar-refractivity contribution in [2.24, 2.45) is 5.92 Å². The van der Waals surface area contributed by atoms with Gasteiger partial charge in [-0.2, -0.15) is 0 Å². The maximum absolute atomic E-state index is 11.6. The molecule has 1 fully saturated rings. The van der Waals surface area contributed by atoms with E-state index in [0.29, 0.717) is 5.92 Å². The van der Waals surface area contributed by atoms with Gasteiger partial charge in [-0.3, -0.25) is 0 Å². The van der Waals surface area contributed by atoms with E-state index in [1.165, 1.54) is 0 Å². The standard InChI is InChI=1S/C11H24N2O2S/c1-3-6-12-7-4-5-8-16(14,15)13-11-9-10(11)2/h10-13H,3-9H2,1-2H3. The third-order valence-corrected chi connectivity index (χ3v) is 4.37. The lowest BCUT2D eigenvalue weighted by molar-refractivity contribution is 0.570. The summed E-state index contributed by atoms with van der Waals surface area (Å²) >= 11 is 0. The minimum absolute atomic E-state index is 0.211. The van der Waals surface area contributed by atoms with Gasteiger partial charge in [-0.1, -0.05) is 13.8 Å². The minimum atomic E-state index is -3.02. The molecule has 0 heterocycles. The first-order chi connectivity index (χ1) is 7.55. The largest absolute Gasteiger partial charge is 0.317 e. The molecule has 2 N–H and O–H groups in total. The normalized spacial score (nSPS) is 24.6. The Morgan fingerprint density at radius 2 is 1.94 bits per heavy atom. The van der Waals surface area contributed by atoms with E-state index in [1.54, 1.807) is 0 Å². The van der Waals surface area contributed by atoms with E-state index in [-0.39, 0.29) is 11.8 Å². The summed E-state index contributed by atoms with van der Waals surface area (Å²) in [6.45, 7) is 6.13. The van der Waals surface area contributed by atoms with E-state index in [2.05, 4.69) is 23.9 Å². The van der Waals surface area contributed by atoms with E-state index in [1.807, 2.05) is 0 Å². The molecule has 4 nitrogen and oxygen atoms in total. The van der Waals surface area contributed by atoms with Crippen LogP contribution in [0.15, 0.2) is 0 Å². The maximum Gasteiger partial charge on any atom is 0.211 e. The van der Waals surface area contributed by atoms with Crippen LogP contribution in [-0.2, 0) is 10.0 Å². The van der Waals surface area contributed by atoms with Crippen molar-refractivity contribution in [1.29, 1.82) is 0 Å². The molecule has 1 saturated carbocycles. The number of rotatable bonds is 9. The molecule has 0 radical (unpaired) electrons. The fourth-order valence-corrected chi connectivity index (χ4v) is 3.11. The molecule has 0 spiro atoms. The van der Waals surface area contributed by atoms with Gasteiger partial charge in [0.05, 0.1) is 5.75 Å². The molecule has 0 bridgehead atoms. The minimum Gasteiger partial charge on any atom is -0.317 e. The van der Waals surface area contributed by atoms with E-state index in [9.17, 15) is 8.42 Å². The molecule has 0 aromatic rings. The van der Waals surface area contributed by atoms with Crippen LogP contribution >= 0.6 is 0 Å². The van der Waals surface area contributed by atoms with Gasteiger partial charge in [0.2, 0.25) is 10.0 Å². The number of sulfonamides is 1. The summed E-state index contributed by atoms with van der Waals surface area (Å²) < 4.78 is 25.9. The number of unbranched alkanes of at least 4 members (excludes halogenated alkanes) is 1. The van der Waals surface area contributed by atoms with Gasteiger partial charge in [0.1, 0.15) is 0 Å². The predicted octanol–water partition coefficient (Wildman–Crippen LogP) is 1.09. The Bertz CT molecular complexity index is 290. The number of hydrogen-bond acceptors (Lipinski definition) is 3. The van der Waals surface area contributed by atoms with E-state index >= 15 is 0 Å². The Morgan fingerprint density at radius 1 is 1.25 bits per heavy atom. The van der Waals surface area contributed by atoms with Gasteiger partial charge in [0.15, 0.2) is 0 Å². The predicted molar refractivity (Wildman–Crippen MR) is 66.9 cm³/mol. The second-order valence-corrected chi connectivity index (χ2v) is 6.59. The third-order valence-electron chi connectivity index (χ3n) is 2.88. The number of hydrogen-bond donors (Lipinski definition) is 2. The van der Waals surface area contributed by atoms with E-state index < -0.39 is 10.0 Å². The quantitative estimate of drug-likeness (QED) is 0.601. The van der Waals surface area contributed by atoms with Crippen LogP contribution in [0.2, 0.25) is 0 Å². The fourth-order valence-electron chi connectivity index (χ4n) is 1.62. The average Bonchev–Trinajstić information content (AvgIpc) is 2.86. The highest BCUT2D eigenvalue weighted by Crippen LogP contribution is 2.29. The molecule has 5 heteroatoms. The molecular formula is C11H24N2O2S. The monoisotopic (exact) mass is 248 g/mol. The first-order valence-electron chi connectivity index (χ1n) is 6.26. The molecule has 16 heavy (non-hydrogen) atoms. The molecule has 0 aromatic carbocycles. The maximum atomic E-state index is 11.6. The van der Waals surface area contributed by atoms with E-state index in [0.717, 1.165) is 38.8 Å². The van der Waals surface area contributed by atoms with Gasteiger partial charge in [-0.05, 0) is 44.7 Å². The summed E-state index contributed by atoms with van der Waals surface area (Å²) in [5.74, 6) is 0.797. The molecular weight excluding hydrogens is 224 g/mol. The van der Waals surface area contributed by atoms with Gasteiger partial charge in [-0.15, -0.1) is 0 Å². The van der Waals surface area contributed by atoms with Crippen molar-refractivity contribution in [3.63, 3.8) is 0 Å². The van der Waals surface area contributed by atoms with Crippen LogP contribution in [0, 0.1) is 5.92 Å². The Balaban J connectivity index is 2.02. The van der Waals surface area contributed by atoms with Gasteiger partial charge >= 0.3 is 0 Å². The molecule has 2 atom stereocenters. The Labute approximate surface area is 99.2 Å². The molecule has 0 aromatic heterocycles. The highest BCUT2D eigenvalue weighted by atomic mass is 32.2. The van der Waals surface area contributed by atoms with Crippen molar-refractivity contribution in [3.8, 4) is 0 Å². The van der Waals surface area contributed by atoms with Gasteiger partial charge in [-0.25, -0.2) is 13.1 Å². The fraction of sp³-hybridized carbons (Fsp3) is 1.00. The average molecular weight is 248 g/mol. The summed E-state index contributed by atoms with van der Waals surface area (Å²) in [5.41, 5.74) is 0. The van der Waals surface area contributed by atoms with Crippen LogP contribution < -0.4 is 10.0 Å². The highest BCUT2D eigenvalue weighted by Gasteiger charge is 2.35. The van der Waals surface area contributed by atoms with Crippen LogP contribution in [0.1, 0.15) is 39.5 Å². The molecule has 1 aliphatic rings. The zero-order chi connectivity index (χ0) is 12.0. The van der Waals surface area contributed by atoms with E-state index in [4.69, 9.17) is 0 Å². The summed E-state index contributed by atoms with van der Waals surface area (Å²) in [5, 5.41) is 3.27. The molecule has 1 rings (SSSR count). The van der Waals surface area contributed by atoms with Crippen molar-refractivity contribution >= 4 is 10.0 Å². The van der Waals surface area contributed by atoms with Crippen molar-refractivity contribution in [2.45, 2.75) is 45.6 Å². The van der Waals surface area contributed by atoms with Crippen molar-refractivity contribution < 1.29 is 8.42 Å². The van der Waals surface area contributed by atoms with Gasteiger partial charge < -0.3 is 5.32 Å². The molecule has 1 aliphatic carbocycles. The van der Waals surface area contributed by atoms with Crippen LogP contribution in [-0.4, -0.2) is 33.3 Å². The topological polar surface area (TPSA) is 58.2 Å². The van der Waals surface area contributed by atoms with Crippen LogP contribution in [0.4, 0.5) is 0 Å². The Kier molecular flexibility index (Phi) is 5.72. The SMILES string of the molecule is CCCNCCCCS(=O)(=O)NC1CC1C. The summed E-state index contributed by atoms with van der Waals surface area (Å²) in [4.78, 5) is 0. The molecule has 2 unspecified atom stereocenters. The number of nitrogens with one attached hydrogen (secondary N) is 2. The summed E-state index contributed by atoms with van der Waals surface area (Å²) in [6.07, 6.45) is 3.80. The van der Waals surface area contributed by atoms with Crippen molar-refractivity contribution in [3.05, 3.63) is 0 Å². The second kappa shape index (κ2) is 6.57. The van der Waals surface area contributed by atoms with Crippen LogP contribution in [0.25, 0.3) is 0 Å². The van der Waals surface area contributed by atoms with Gasteiger partial charge in [0.25, 0.3) is 0 Å². The molecule has 96 valence electrons. The molecule has 0 aliphatic heterocycles. The zero-order valence-electron chi connectivity index (χ0n) is 10.3. The third kappa shape index (κ3) is 5.82. The van der Waals surface area contributed by atoms with Gasteiger partial charge in [0, 0.05) is 6.04 Å². The molecule has 0 saturated heterocycles. The summed E-state index contributed by atoms with van der Waals surface area (Å²) in [6, 6.07) is 0.211. The second-order valence-electron chi connectivity index (χ2n) is 4.71. The lowest BCUT2D eigenvalue weighted by Gasteiger charge is -2.06. The van der Waals surface area contributed by atoms with Crippen molar-refractivity contribution in [1.82, 2.24) is 10.0 Å². The lowest BCUT2D eigenvalue weighted by Crippen LogP contribution is -2.29. The van der Waals surface area contributed by atoms with Crippen molar-refractivity contribution in [2.75, 3.05) is 18.8 Å². The first kappa shape index (κ1) is 13.9. The Hall–Kier alpha value is -0.130. The van der Waals surface area contributed by atoms with Crippen LogP contribution in [0.5, 0.6) is 0 Å². The zero-order valence-corrected chi connectivity index (χ0v) is 11.1. The Morgan fingerprint density at radius 3 is 2.50 bits per heavy atom.